The van der Waals surface area contributed by atoms with E-state index in [0.717, 1.165) is 12.8 Å². The third-order valence-electron chi connectivity index (χ3n) is 3.36. The van der Waals surface area contributed by atoms with E-state index < -0.39 is 5.95 Å². The van der Waals surface area contributed by atoms with E-state index in [2.05, 4.69) is 0 Å². The Hall–Kier alpha value is -1.26. The van der Waals surface area contributed by atoms with Crippen LogP contribution in [0.1, 0.15) is 12.8 Å². The molecule has 0 saturated heterocycles. The standard InChI is InChI=1S/C13H11Cl2FN2O/c14-8-3-4-9(10(15)7-8)11-12(16)17-5-1-2-6-18(17)13(11)19/h3-4,7H,1-2,5-6H2. The molecule has 100 valence electrons. The van der Waals surface area contributed by atoms with Crippen molar-refractivity contribution in [3.8, 4) is 11.1 Å². The zero-order valence-electron chi connectivity index (χ0n) is 10.00. The van der Waals surface area contributed by atoms with Crippen molar-refractivity contribution in [3.05, 3.63) is 44.5 Å². The topological polar surface area (TPSA) is 26.9 Å². The maximum absolute atomic E-state index is 14.4. The smallest absolute Gasteiger partial charge is 0.267 e. The van der Waals surface area contributed by atoms with Gasteiger partial charge >= 0.3 is 0 Å². The maximum Gasteiger partial charge on any atom is 0.277 e. The highest BCUT2D eigenvalue weighted by Crippen LogP contribution is 2.30. The van der Waals surface area contributed by atoms with Gasteiger partial charge in [0.25, 0.3) is 5.56 Å². The van der Waals surface area contributed by atoms with Crippen molar-refractivity contribution in [2.24, 2.45) is 0 Å². The van der Waals surface area contributed by atoms with E-state index >= 15 is 0 Å². The van der Waals surface area contributed by atoms with Gasteiger partial charge in [0.15, 0.2) is 0 Å². The lowest BCUT2D eigenvalue weighted by molar-refractivity contribution is 0.310. The van der Waals surface area contributed by atoms with Crippen LogP contribution in [0.25, 0.3) is 11.1 Å². The molecule has 3 nitrogen and oxygen atoms in total. The minimum absolute atomic E-state index is 0.0311. The zero-order chi connectivity index (χ0) is 13.6. The lowest BCUT2D eigenvalue weighted by Crippen LogP contribution is -2.27. The number of hydrogen-bond donors (Lipinski definition) is 0. The molecular formula is C13H11Cl2FN2O. The Labute approximate surface area is 119 Å². The van der Waals surface area contributed by atoms with E-state index in [1.807, 2.05) is 0 Å². The van der Waals surface area contributed by atoms with Crippen molar-refractivity contribution in [2.45, 2.75) is 25.9 Å². The van der Waals surface area contributed by atoms with Crippen molar-refractivity contribution in [1.29, 1.82) is 0 Å². The van der Waals surface area contributed by atoms with Crippen molar-refractivity contribution in [1.82, 2.24) is 9.36 Å². The maximum atomic E-state index is 14.4. The first kappa shape index (κ1) is 12.8. The number of fused-ring (bicyclic) bond motifs is 1. The minimum Gasteiger partial charge on any atom is -0.267 e. The van der Waals surface area contributed by atoms with Gasteiger partial charge < -0.3 is 0 Å². The summed E-state index contributed by atoms with van der Waals surface area (Å²) in [5, 5.41) is 0.741. The minimum atomic E-state index is -0.520. The normalized spacial score (nSPS) is 14.5. The van der Waals surface area contributed by atoms with Crippen LogP contribution in [0.2, 0.25) is 10.0 Å². The Kier molecular flexibility index (Phi) is 3.15. The average Bonchev–Trinajstić information content (AvgIpc) is 2.64. The van der Waals surface area contributed by atoms with Gasteiger partial charge in [0, 0.05) is 23.7 Å². The fourth-order valence-electron chi connectivity index (χ4n) is 2.44. The molecule has 0 amide bonds. The second kappa shape index (κ2) is 4.69. The van der Waals surface area contributed by atoms with Gasteiger partial charge in [0.2, 0.25) is 5.95 Å². The number of nitrogens with zero attached hydrogens (tertiary/aromatic N) is 2. The zero-order valence-corrected chi connectivity index (χ0v) is 11.5. The molecule has 0 N–H and O–H groups in total. The van der Waals surface area contributed by atoms with E-state index in [-0.39, 0.29) is 16.1 Å². The third kappa shape index (κ3) is 1.99. The van der Waals surface area contributed by atoms with Gasteiger partial charge in [-0.05, 0) is 25.0 Å². The predicted octanol–water partition coefficient (Wildman–Crippen LogP) is 3.56. The van der Waals surface area contributed by atoms with Crippen LogP contribution in [-0.4, -0.2) is 9.36 Å². The fourth-order valence-corrected chi connectivity index (χ4v) is 2.95. The monoisotopic (exact) mass is 300 g/mol. The van der Waals surface area contributed by atoms with Gasteiger partial charge in [-0.25, -0.2) is 4.68 Å². The third-order valence-corrected chi connectivity index (χ3v) is 3.91. The molecule has 0 atom stereocenters. The lowest BCUT2D eigenvalue weighted by Gasteiger charge is -2.16. The molecule has 1 aliphatic rings. The quantitative estimate of drug-likeness (QED) is 0.791. The summed E-state index contributed by atoms with van der Waals surface area (Å²) in [4.78, 5) is 12.3. The van der Waals surface area contributed by atoms with Crippen molar-refractivity contribution >= 4 is 23.2 Å². The molecule has 1 aromatic heterocycles. The lowest BCUT2D eigenvalue weighted by atomic mass is 10.1. The van der Waals surface area contributed by atoms with Gasteiger partial charge in [0.1, 0.15) is 5.56 Å². The number of rotatable bonds is 1. The highest BCUT2D eigenvalue weighted by molar-refractivity contribution is 6.36. The molecule has 6 heteroatoms. The molecule has 0 bridgehead atoms. The molecule has 0 saturated carbocycles. The first-order valence-electron chi connectivity index (χ1n) is 6.04. The second-order valence-corrected chi connectivity index (χ2v) is 5.39. The average molecular weight is 301 g/mol. The Morgan fingerprint density at radius 1 is 1.11 bits per heavy atom. The summed E-state index contributed by atoms with van der Waals surface area (Å²) < 4.78 is 17.2. The van der Waals surface area contributed by atoms with Crippen LogP contribution in [0.3, 0.4) is 0 Å². The van der Waals surface area contributed by atoms with E-state index in [1.165, 1.54) is 15.4 Å². The van der Waals surface area contributed by atoms with Crippen molar-refractivity contribution in [3.63, 3.8) is 0 Å². The highest BCUT2D eigenvalue weighted by atomic mass is 35.5. The molecule has 0 unspecified atom stereocenters. The summed E-state index contributed by atoms with van der Waals surface area (Å²) >= 11 is 11.9. The fraction of sp³-hybridized carbons (Fsp3) is 0.308. The van der Waals surface area contributed by atoms with E-state index in [9.17, 15) is 9.18 Å². The first-order valence-corrected chi connectivity index (χ1v) is 6.79. The van der Waals surface area contributed by atoms with Crippen LogP contribution in [0.15, 0.2) is 23.0 Å². The van der Waals surface area contributed by atoms with E-state index in [0.29, 0.717) is 23.7 Å². The Bertz CT molecular complexity index is 705. The van der Waals surface area contributed by atoms with Crippen LogP contribution in [0.5, 0.6) is 0 Å². The first-order chi connectivity index (χ1) is 9.09. The summed E-state index contributed by atoms with van der Waals surface area (Å²) in [7, 11) is 0. The Morgan fingerprint density at radius 2 is 1.79 bits per heavy atom. The molecule has 0 aliphatic carbocycles. The van der Waals surface area contributed by atoms with Crippen molar-refractivity contribution < 1.29 is 4.39 Å². The summed E-state index contributed by atoms with van der Waals surface area (Å²) in [5.74, 6) is -0.520. The molecule has 1 aromatic carbocycles. The van der Waals surface area contributed by atoms with Gasteiger partial charge in [-0.3, -0.25) is 9.48 Å². The summed E-state index contributed by atoms with van der Waals surface area (Å²) in [5.41, 5.74) is 0.0907. The van der Waals surface area contributed by atoms with Crippen LogP contribution in [-0.2, 0) is 13.1 Å². The predicted molar refractivity (Wildman–Crippen MR) is 73.3 cm³/mol. The highest BCUT2D eigenvalue weighted by Gasteiger charge is 2.24. The van der Waals surface area contributed by atoms with E-state index in [1.54, 1.807) is 12.1 Å². The van der Waals surface area contributed by atoms with Gasteiger partial charge in [0.05, 0.1) is 5.02 Å². The van der Waals surface area contributed by atoms with Crippen LogP contribution >= 0.6 is 23.2 Å². The molecule has 0 fully saturated rings. The van der Waals surface area contributed by atoms with Crippen LogP contribution in [0, 0.1) is 5.95 Å². The largest absolute Gasteiger partial charge is 0.277 e. The summed E-state index contributed by atoms with van der Waals surface area (Å²) in [6, 6.07) is 4.69. The van der Waals surface area contributed by atoms with Gasteiger partial charge in [-0.2, -0.15) is 4.39 Å². The molecule has 2 aromatic rings. The Balaban J connectivity index is 2.26. The molecule has 1 aliphatic heterocycles. The molecule has 3 rings (SSSR count). The van der Waals surface area contributed by atoms with Crippen LogP contribution in [0.4, 0.5) is 4.39 Å². The molecule has 0 spiro atoms. The number of halogens is 3. The van der Waals surface area contributed by atoms with Gasteiger partial charge in [-0.15, -0.1) is 0 Å². The summed E-state index contributed by atoms with van der Waals surface area (Å²) in [6.45, 7) is 1.06. The molecule has 0 radical (unpaired) electrons. The second-order valence-electron chi connectivity index (χ2n) is 4.55. The number of aromatic nitrogens is 2. The van der Waals surface area contributed by atoms with Gasteiger partial charge in [-0.1, -0.05) is 29.3 Å². The van der Waals surface area contributed by atoms with E-state index in [4.69, 9.17) is 23.2 Å². The summed E-state index contributed by atoms with van der Waals surface area (Å²) in [6.07, 6.45) is 1.76. The molecule has 19 heavy (non-hydrogen) atoms. The molecule has 2 heterocycles. The number of hydrogen-bond acceptors (Lipinski definition) is 1. The number of benzene rings is 1. The Morgan fingerprint density at radius 3 is 2.42 bits per heavy atom. The van der Waals surface area contributed by atoms with Crippen molar-refractivity contribution in [2.75, 3.05) is 0 Å². The SMILES string of the molecule is O=c1c(-c2ccc(Cl)cc2Cl)c(F)n2n1CCCC2. The molecular weight excluding hydrogens is 290 g/mol. The van der Waals surface area contributed by atoms with Crippen LogP contribution < -0.4 is 5.56 Å².